The molecule has 0 aromatic carbocycles. The third kappa shape index (κ3) is 4.06. The van der Waals surface area contributed by atoms with E-state index in [-0.39, 0.29) is 5.97 Å². The van der Waals surface area contributed by atoms with Crippen molar-refractivity contribution in [3.05, 3.63) is 18.2 Å². The lowest BCUT2D eigenvalue weighted by molar-refractivity contribution is -0.151. The highest BCUT2D eigenvalue weighted by molar-refractivity contribution is 5.80. The first kappa shape index (κ1) is 15.7. The maximum absolute atomic E-state index is 12.2. The Labute approximate surface area is 115 Å². The molecule has 1 N–H and O–H groups in total. The molecule has 0 saturated heterocycles. The van der Waals surface area contributed by atoms with Gasteiger partial charge in [-0.05, 0) is 26.8 Å². The van der Waals surface area contributed by atoms with E-state index in [0.717, 1.165) is 25.2 Å². The molecule has 1 unspecified atom stereocenters. The minimum Gasteiger partial charge on any atom is -0.465 e. The zero-order valence-corrected chi connectivity index (χ0v) is 12.4. The Morgan fingerprint density at radius 3 is 2.79 bits per heavy atom. The van der Waals surface area contributed by atoms with Crippen molar-refractivity contribution < 1.29 is 9.53 Å². The van der Waals surface area contributed by atoms with Crippen LogP contribution in [-0.2, 0) is 22.5 Å². The van der Waals surface area contributed by atoms with Crippen LogP contribution in [0.4, 0.5) is 0 Å². The van der Waals surface area contributed by atoms with Gasteiger partial charge < -0.3 is 14.6 Å². The summed E-state index contributed by atoms with van der Waals surface area (Å²) < 4.78 is 7.20. The lowest BCUT2D eigenvalue weighted by atomic mass is 10.0. The van der Waals surface area contributed by atoms with Gasteiger partial charge in [0, 0.05) is 18.8 Å². The summed E-state index contributed by atoms with van der Waals surface area (Å²) in [6.07, 6.45) is 5.49. The SMILES string of the molecule is CCCNC(C)(Cn1ccnc1CC)C(=O)OCC. The summed E-state index contributed by atoms with van der Waals surface area (Å²) in [5.74, 6) is 0.771. The fourth-order valence-electron chi connectivity index (χ4n) is 2.02. The van der Waals surface area contributed by atoms with Gasteiger partial charge in [0.15, 0.2) is 0 Å². The second-order valence-electron chi connectivity index (χ2n) is 4.80. The third-order valence-corrected chi connectivity index (χ3v) is 3.10. The second kappa shape index (κ2) is 7.28. The summed E-state index contributed by atoms with van der Waals surface area (Å²) in [5, 5.41) is 3.30. The van der Waals surface area contributed by atoms with E-state index in [1.54, 1.807) is 6.20 Å². The molecular weight excluding hydrogens is 242 g/mol. The molecular formula is C14H25N3O2. The Hall–Kier alpha value is -1.36. The van der Waals surface area contributed by atoms with Crippen molar-refractivity contribution in [1.29, 1.82) is 0 Å². The molecule has 1 atom stereocenters. The molecule has 0 fully saturated rings. The van der Waals surface area contributed by atoms with Crippen LogP contribution in [0.1, 0.15) is 39.9 Å². The fraction of sp³-hybridized carbons (Fsp3) is 0.714. The molecule has 0 amide bonds. The van der Waals surface area contributed by atoms with Crippen LogP contribution in [0.5, 0.6) is 0 Å². The topological polar surface area (TPSA) is 56.2 Å². The van der Waals surface area contributed by atoms with Gasteiger partial charge >= 0.3 is 5.97 Å². The monoisotopic (exact) mass is 267 g/mol. The molecule has 0 radical (unpaired) electrons. The number of aryl methyl sites for hydroxylation is 1. The van der Waals surface area contributed by atoms with Crippen LogP contribution in [0.25, 0.3) is 0 Å². The highest BCUT2D eigenvalue weighted by Crippen LogP contribution is 2.13. The molecule has 1 heterocycles. The smallest absolute Gasteiger partial charge is 0.327 e. The molecule has 0 saturated carbocycles. The Balaban J connectivity index is 2.87. The molecule has 19 heavy (non-hydrogen) atoms. The summed E-state index contributed by atoms with van der Waals surface area (Å²) in [6.45, 7) is 9.56. The lowest BCUT2D eigenvalue weighted by Crippen LogP contribution is -2.53. The van der Waals surface area contributed by atoms with Crippen molar-refractivity contribution in [2.45, 2.75) is 52.6 Å². The van der Waals surface area contributed by atoms with Gasteiger partial charge in [-0.25, -0.2) is 9.78 Å². The number of carbonyl (C=O) groups is 1. The van der Waals surface area contributed by atoms with Gasteiger partial charge in [0.05, 0.1) is 13.2 Å². The van der Waals surface area contributed by atoms with Gasteiger partial charge in [-0.3, -0.25) is 0 Å². The molecule has 5 nitrogen and oxygen atoms in total. The van der Waals surface area contributed by atoms with E-state index in [4.69, 9.17) is 4.74 Å². The van der Waals surface area contributed by atoms with E-state index in [1.807, 2.05) is 24.6 Å². The molecule has 1 aromatic rings. The normalized spacial score (nSPS) is 14.1. The van der Waals surface area contributed by atoms with E-state index < -0.39 is 5.54 Å². The average molecular weight is 267 g/mol. The molecule has 0 spiro atoms. The number of imidazole rings is 1. The van der Waals surface area contributed by atoms with E-state index >= 15 is 0 Å². The highest BCUT2D eigenvalue weighted by Gasteiger charge is 2.34. The first-order valence-electron chi connectivity index (χ1n) is 6.99. The van der Waals surface area contributed by atoms with Crippen LogP contribution >= 0.6 is 0 Å². The average Bonchev–Trinajstić information content (AvgIpc) is 2.83. The summed E-state index contributed by atoms with van der Waals surface area (Å²) in [7, 11) is 0. The lowest BCUT2D eigenvalue weighted by Gasteiger charge is -2.29. The molecule has 1 rings (SSSR count). The second-order valence-corrected chi connectivity index (χ2v) is 4.80. The van der Waals surface area contributed by atoms with Gasteiger partial charge in [0.25, 0.3) is 0 Å². The highest BCUT2D eigenvalue weighted by atomic mass is 16.5. The first-order valence-corrected chi connectivity index (χ1v) is 6.99. The number of rotatable bonds is 8. The molecule has 0 aliphatic rings. The van der Waals surface area contributed by atoms with Gasteiger partial charge in [-0.15, -0.1) is 0 Å². The van der Waals surface area contributed by atoms with E-state index in [0.29, 0.717) is 13.2 Å². The molecule has 5 heteroatoms. The maximum Gasteiger partial charge on any atom is 0.327 e. The van der Waals surface area contributed by atoms with Gasteiger partial charge in [0.2, 0.25) is 0 Å². The zero-order chi connectivity index (χ0) is 14.3. The number of carbonyl (C=O) groups excluding carboxylic acids is 1. The summed E-state index contributed by atoms with van der Waals surface area (Å²) in [4.78, 5) is 16.5. The minimum atomic E-state index is -0.712. The number of nitrogens with one attached hydrogen (secondary N) is 1. The fourth-order valence-corrected chi connectivity index (χ4v) is 2.02. The number of ether oxygens (including phenoxy) is 1. The molecule has 0 aliphatic carbocycles. The Bertz CT molecular complexity index is 403. The van der Waals surface area contributed by atoms with Crippen molar-refractivity contribution in [3.63, 3.8) is 0 Å². The van der Waals surface area contributed by atoms with Crippen LogP contribution < -0.4 is 5.32 Å². The van der Waals surface area contributed by atoms with Crippen LogP contribution in [0.2, 0.25) is 0 Å². The predicted octanol–water partition coefficient (Wildman–Crippen LogP) is 1.77. The van der Waals surface area contributed by atoms with Crippen LogP contribution in [0.3, 0.4) is 0 Å². The molecule has 0 bridgehead atoms. The standard InChI is InChI=1S/C14H25N3O2/c1-5-8-16-14(4,13(18)19-7-3)11-17-10-9-15-12(17)6-2/h9-10,16H,5-8,11H2,1-4H3. The number of hydrogen-bond acceptors (Lipinski definition) is 4. The minimum absolute atomic E-state index is 0.209. The van der Waals surface area contributed by atoms with E-state index in [9.17, 15) is 4.79 Å². The van der Waals surface area contributed by atoms with Gasteiger partial charge in [-0.1, -0.05) is 13.8 Å². The first-order chi connectivity index (χ1) is 9.07. The van der Waals surface area contributed by atoms with Crippen molar-refractivity contribution >= 4 is 5.97 Å². The Morgan fingerprint density at radius 2 is 2.21 bits per heavy atom. The number of aromatic nitrogens is 2. The van der Waals surface area contributed by atoms with Crippen LogP contribution in [0, 0.1) is 0 Å². The maximum atomic E-state index is 12.2. The van der Waals surface area contributed by atoms with Crippen molar-refractivity contribution in [1.82, 2.24) is 14.9 Å². The predicted molar refractivity (Wildman–Crippen MR) is 74.9 cm³/mol. The van der Waals surface area contributed by atoms with Crippen molar-refractivity contribution in [2.24, 2.45) is 0 Å². The van der Waals surface area contributed by atoms with E-state index in [1.165, 1.54) is 0 Å². The molecule has 1 aromatic heterocycles. The van der Waals surface area contributed by atoms with E-state index in [2.05, 4.69) is 24.1 Å². The summed E-state index contributed by atoms with van der Waals surface area (Å²) in [6, 6.07) is 0. The number of hydrogen-bond donors (Lipinski definition) is 1. The Kier molecular flexibility index (Phi) is 6.02. The summed E-state index contributed by atoms with van der Waals surface area (Å²) in [5.41, 5.74) is -0.712. The summed E-state index contributed by atoms with van der Waals surface area (Å²) >= 11 is 0. The zero-order valence-electron chi connectivity index (χ0n) is 12.4. The van der Waals surface area contributed by atoms with Crippen molar-refractivity contribution in [3.8, 4) is 0 Å². The quantitative estimate of drug-likeness (QED) is 0.729. The van der Waals surface area contributed by atoms with Gasteiger partial charge in [0.1, 0.15) is 11.4 Å². The Morgan fingerprint density at radius 1 is 1.47 bits per heavy atom. The molecule has 0 aliphatic heterocycles. The largest absolute Gasteiger partial charge is 0.465 e. The van der Waals surface area contributed by atoms with Crippen LogP contribution in [-0.4, -0.2) is 34.2 Å². The molecule has 108 valence electrons. The van der Waals surface area contributed by atoms with Crippen molar-refractivity contribution in [2.75, 3.05) is 13.2 Å². The van der Waals surface area contributed by atoms with Crippen LogP contribution in [0.15, 0.2) is 12.4 Å². The number of nitrogens with zero attached hydrogens (tertiary/aromatic N) is 2. The van der Waals surface area contributed by atoms with Gasteiger partial charge in [-0.2, -0.15) is 0 Å². The third-order valence-electron chi connectivity index (χ3n) is 3.10. The number of esters is 1.